The molecule has 1 aliphatic carbocycles. The summed E-state index contributed by atoms with van der Waals surface area (Å²) < 4.78 is 22.2. The molecular formula is C13H28N2O2S. The Balaban J connectivity index is 2.23. The number of nitrogens with one attached hydrogen (secondary N) is 1. The summed E-state index contributed by atoms with van der Waals surface area (Å²) in [7, 11) is -0.814. The van der Waals surface area contributed by atoms with Gasteiger partial charge in [-0.25, -0.2) is 8.42 Å². The van der Waals surface area contributed by atoms with Crippen LogP contribution in [0.25, 0.3) is 0 Å². The van der Waals surface area contributed by atoms with E-state index < -0.39 is 9.84 Å². The van der Waals surface area contributed by atoms with Crippen LogP contribution in [0, 0.1) is 5.92 Å². The predicted molar refractivity (Wildman–Crippen MR) is 76.6 cm³/mol. The normalized spacial score (nSPS) is 24.9. The molecule has 0 aromatic heterocycles. The molecule has 5 heteroatoms. The van der Waals surface area contributed by atoms with Crippen LogP contribution in [0.4, 0.5) is 0 Å². The van der Waals surface area contributed by atoms with E-state index >= 15 is 0 Å². The maximum atomic E-state index is 11.1. The summed E-state index contributed by atoms with van der Waals surface area (Å²) in [5.74, 6) is 1.04. The molecule has 1 N–H and O–H groups in total. The van der Waals surface area contributed by atoms with Gasteiger partial charge in [0.15, 0.2) is 0 Å². The quantitative estimate of drug-likeness (QED) is 0.722. The molecule has 4 nitrogen and oxygen atoms in total. The molecule has 0 amide bonds. The highest BCUT2D eigenvalue weighted by Crippen LogP contribution is 2.28. The van der Waals surface area contributed by atoms with E-state index in [0.717, 1.165) is 19.0 Å². The van der Waals surface area contributed by atoms with E-state index in [4.69, 9.17) is 0 Å². The van der Waals surface area contributed by atoms with E-state index in [2.05, 4.69) is 17.1 Å². The van der Waals surface area contributed by atoms with Crippen molar-refractivity contribution in [1.29, 1.82) is 0 Å². The molecule has 0 heterocycles. The predicted octanol–water partition coefficient (Wildman–Crippen LogP) is 1.13. The highest BCUT2D eigenvalue weighted by molar-refractivity contribution is 7.90. The lowest BCUT2D eigenvalue weighted by atomic mass is 9.99. The van der Waals surface area contributed by atoms with E-state index in [0.29, 0.717) is 12.6 Å². The molecule has 108 valence electrons. The van der Waals surface area contributed by atoms with E-state index in [1.807, 2.05) is 7.05 Å². The maximum absolute atomic E-state index is 11.1. The number of sulfone groups is 1. The summed E-state index contributed by atoms with van der Waals surface area (Å²) in [6.45, 7) is 4.86. The first kappa shape index (κ1) is 15.9. The molecule has 0 aromatic rings. The van der Waals surface area contributed by atoms with Crippen molar-refractivity contribution in [3.63, 3.8) is 0 Å². The van der Waals surface area contributed by atoms with E-state index in [1.165, 1.54) is 31.9 Å². The van der Waals surface area contributed by atoms with Crippen molar-refractivity contribution in [3.05, 3.63) is 0 Å². The molecule has 0 aromatic carbocycles. The summed E-state index contributed by atoms with van der Waals surface area (Å²) in [5, 5.41) is 3.56. The second-order valence-electron chi connectivity index (χ2n) is 5.58. The second-order valence-corrected chi connectivity index (χ2v) is 7.84. The smallest absolute Gasteiger partial charge is 0.148 e. The van der Waals surface area contributed by atoms with E-state index in [-0.39, 0.29) is 5.75 Å². The Kier molecular flexibility index (Phi) is 6.60. The zero-order valence-electron chi connectivity index (χ0n) is 12.0. The third-order valence-corrected chi connectivity index (χ3v) is 4.77. The average molecular weight is 276 g/mol. The van der Waals surface area contributed by atoms with Crippen molar-refractivity contribution in [2.75, 3.05) is 38.7 Å². The van der Waals surface area contributed by atoms with Crippen LogP contribution in [0.15, 0.2) is 0 Å². The minimum absolute atomic E-state index is 0.269. The SMILES string of the molecule is CCNC1CCCC1CCN(C)CCS(C)(=O)=O. The fraction of sp³-hybridized carbons (Fsp3) is 1.00. The first-order valence-corrected chi connectivity index (χ1v) is 9.08. The fourth-order valence-corrected chi connectivity index (χ4v) is 3.38. The van der Waals surface area contributed by atoms with Crippen LogP contribution in [0.5, 0.6) is 0 Å². The van der Waals surface area contributed by atoms with Crippen molar-refractivity contribution < 1.29 is 8.42 Å². The fourth-order valence-electron chi connectivity index (χ4n) is 2.73. The average Bonchev–Trinajstić information content (AvgIpc) is 2.71. The van der Waals surface area contributed by atoms with Gasteiger partial charge in [0, 0.05) is 18.8 Å². The van der Waals surface area contributed by atoms with Gasteiger partial charge in [-0.15, -0.1) is 0 Å². The van der Waals surface area contributed by atoms with Crippen molar-refractivity contribution >= 4 is 9.84 Å². The molecule has 0 spiro atoms. The summed E-state index contributed by atoms with van der Waals surface area (Å²) in [6, 6.07) is 0.679. The van der Waals surface area contributed by atoms with Crippen LogP contribution in [0.1, 0.15) is 32.6 Å². The molecule has 1 aliphatic rings. The maximum Gasteiger partial charge on any atom is 0.148 e. The Bertz CT molecular complexity index is 330. The highest BCUT2D eigenvalue weighted by Gasteiger charge is 2.26. The Labute approximate surface area is 112 Å². The van der Waals surface area contributed by atoms with Gasteiger partial charge < -0.3 is 10.2 Å². The van der Waals surface area contributed by atoms with Crippen molar-refractivity contribution in [3.8, 4) is 0 Å². The van der Waals surface area contributed by atoms with Gasteiger partial charge in [-0.3, -0.25) is 0 Å². The lowest BCUT2D eigenvalue weighted by molar-refractivity contribution is 0.292. The van der Waals surface area contributed by atoms with Crippen LogP contribution >= 0.6 is 0 Å². The van der Waals surface area contributed by atoms with Gasteiger partial charge in [-0.2, -0.15) is 0 Å². The molecule has 1 fully saturated rings. The zero-order chi connectivity index (χ0) is 13.6. The third-order valence-electron chi connectivity index (χ3n) is 3.85. The van der Waals surface area contributed by atoms with Crippen LogP contribution in [-0.4, -0.2) is 58.1 Å². The molecule has 0 aliphatic heterocycles. The van der Waals surface area contributed by atoms with Crippen LogP contribution < -0.4 is 5.32 Å². The topological polar surface area (TPSA) is 49.4 Å². The first-order chi connectivity index (χ1) is 8.42. The number of nitrogens with zero attached hydrogens (tertiary/aromatic N) is 1. The second kappa shape index (κ2) is 7.46. The Hall–Kier alpha value is -0.130. The molecule has 1 rings (SSSR count). The molecule has 0 radical (unpaired) electrons. The van der Waals surface area contributed by atoms with E-state index in [9.17, 15) is 8.42 Å². The zero-order valence-corrected chi connectivity index (χ0v) is 12.8. The minimum Gasteiger partial charge on any atom is -0.314 e. The van der Waals surface area contributed by atoms with Crippen LogP contribution in [-0.2, 0) is 9.84 Å². The van der Waals surface area contributed by atoms with Crippen LogP contribution in [0.3, 0.4) is 0 Å². The first-order valence-electron chi connectivity index (χ1n) is 7.02. The lowest BCUT2D eigenvalue weighted by Gasteiger charge is -2.23. The Morgan fingerprint density at radius 2 is 2.00 bits per heavy atom. The Morgan fingerprint density at radius 1 is 1.28 bits per heavy atom. The monoisotopic (exact) mass is 276 g/mol. The standard InChI is InChI=1S/C13H28N2O2S/c1-4-14-13-7-5-6-12(13)8-9-15(2)10-11-18(3,16)17/h12-14H,4-11H2,1-3H3. The van der Waals surface area contributed by atoms with Gasteiger partial charge in [0.1, 0.15) is 9.84 Å². The van der Waals surface area contributed by atoms with E-state index in [1.54, 1.807) is 0 Å². The molecular weight excluding hydrogens is 248 g/mol. The summed E-state index contributed by atoms with van der Waals surface area (Å²) in [6.07, 6.45) is 6.43. The lowest BCUT2D eigenvalue weighted by Crippen LogP contribution is -2.34. The summed E-state index contributed by atoms with van der Waals surface area (Å²) in [5.41, 5.74) is 0. The summed E-state index contributed by atoms with van der Waals surface area (Å²) >= 11 is 0. The molecule has 1 saturated carbocycles. The molecule has 18 heavy (non-hydrogen) atoms. The van der Waals surface area contributed by atoms with Crippen molar-refractivity contribution in [2.45, 2.75) is 38.6 Å². The molecule has 0 bridgehead atoms. The van der Waals surface area contributed by atoms with Gasteiger partial charge in [0.25, 0.3) is 0 Å². The summed E-state index contributed by atoms with van der Waals surface area (Å²) in [4.78, 5) is 2.14. The van der Waals surface area contributed by atoms with Gasteiger partial charge >= 0.3 is 0 Å². The van der Waals surface area contributed by atoms with Crippen LogP contribution in [0.2, 0.25) is 0 Å². The largest absolute Gasteiger partial charge is 0.314 e. The number of rotatable bonds is 8. The third kappa shape index (κ3) is 6.16. The van der Waals surface area contributed by atoms with Crippen molar-refractivity contribution in [1.82, 2.24) is 10.2 Å². The molecule has 2 unspecified atom stereocenters. The van der Waals surface area contributed by atoms with Crippen molar-refractivity contribution in [2.24, 2.45) is 5.92 Å². The Morgan fingerprint density at radius 3 is 2.61 bits per heavy atom. The number of hydrogen-bond donors (Lipinski definition) is 1. The highest BCUT2D eigenvalue weighted by atomic mass is 32.2. The van der Waals surface area contributed by atoms with Gasteiger partial charge in [0.2, 0.25) is 0 Å². The van der Waals surface area contributed by atoms with Gasteiger partial charge in [-0.1, -0.05) is 13.3 Å². The molecule has 0 saturated heterocycles. The van der Waals surface area contributed by atoms with Gasteiger partial charge in [0.05, 0.1) is 5.75 Å². The molecule has 2 atom stereocenters. The minimum atomic E-state index is -2.83. The van der Waals surface area contributed by atoms with Gasteiger partial charge in [-0.05, 0) is 45.3 Å². The number of hydrogen-bond acceptors (Lipinski definition) is 4.